The topological polar surface area (TPSA) is 73.9 Å². The average Bonchev–Trinajstić information content (AvgIpc) is 2.94. The summed E-state index contributed by atoms with van der Waals surface area (Å²) >= 11 is 0. The molecule has 0 radical (unpaired) electrons. The molecule has 0 aromatic heterocycles. The standard InChI is InChI=1S/C16H23NO5S/c1-10-4-5-14(13(8-10)21-3)23(18,19)17-15-11-6-7-22-16(11)12(15)9-20-2/h4-5,8,11-12,15-17H,6-7,9H2,1-3H3/t11-,12+,15+,16-/m1/s1. The third-order valence-electron chi connectivity index (χ3n) is 4.79. The molecule has 1 aliphatic heterocycles. The smallest absolute Gasteiger partial charge is 0.244 e. The van der Waals surface area contributed by atoms with Crippen LogP contribution in [0.25, 0.3) is 0 Å². The summed E-state index contributed by atoms with van der Waals surface area (Å²) in [6.07, 6.45) is 0.978. The zero-order chi connectivity index (χ0) is 16.6. The van der Waals surface area contributed by atoms with Gasteiger partial charge in [0.1, 0.15) is 10.6 Å². The molecule has 23 heavy (non-hydrogen) atoms. The van der Waals surface area contributed by atoms with Crippen LogP contribution in [0, 0.1) is 18.8 Å². The van der Waals surface area contributed by atoms with Gasteiger partial charge in [0, 0.05) is 31.6 Å². The van der Waals surface area contributed by atoms with Crippen molar-refractivity contribution in [1.29, 1.82) is 0 Å². The van der Waals surface area contributed by atoms with Crippen molar-refractivity contribution in [2.75, 3.05) is 27.4 Å². The predicted octanol–water partition coefficient (Wildman–Crippen LogP) is 1.33. The molecule has 1 saturated carbocycles. The van der Waals surface area contributed by atoms with Crippen molar-refractivity contribution < 1.29 is 22.6 Å². The lowest BCUT2D eigenvalue weighted by Crippen LogP contribution is -2.62. The van der Waals surface area contributed by atoms with Crippen LogP contribution in [0.1, 0.15) is 12.0 Å². The number of methoxy groups -OCH3 is 2. The minimum absolute atomic E-state index is 0.0544. The van der Waals surface area contributed by atoms with Crippen LogP contribution in [-0.4, -0.2) is 48.0 Å². The first-order valence-electron chi connectivity index (χ1n) is 7.75. The maximum absolute atomic E-state index is 12.8. The highest BCUT2D eigenvalue weighted by atomic mass is 32.2. The fourth-order valence-corrected chi connectivity index (χ4v) is 5.12. The molecular weight excluding hydrogens is 318 g/mol. The van der Waals surface area contributed by atoms with Gasteiger partial charge in [0.15, 0.2) is 0 Å². The molecule has 1 saturated heterocycles. The SMILES string of the molecule is COC[C@H]1[C@@H](NS(=O)(=O)c2ccc(C)cc2OC)[C@H]2CCO[C@H]21. The van der Waals surface area contributed by atoms with Crippen LogP contribution in [0.15, 0.2) is 23.1 Å². The van der Waals surface area contributed by atoms with Crippen molar-refractivity contribution in [3.63, 3.8) is 0 Å². The van der Waals surface area contributed by atoms with Crippen LogP contribution < -0.4 is 9.46 Å². The molecule has 6 nitrogen and oxygen atoms in total. The van der Waals surface area contributed by atoms with Gasteiger partial charge in [0.05, 0.1) is 19.8 Å². The summed E-state index contributed by atoms with van der Waals surface area (Å²) in [4.78, 5) is 0.170. The quantitative estimate of drug-likeness (QED) is 0.845. The van der Waals surface area contributed by atoms with E-state index in [4.69, 9.17) is 14.2 Å². The largest absolute Gasteiger partial charge is 0.495 e. The Morgan fingerprint density at radius 1 is 1.35 bits per heavy atom. The fourth-order valence-electron chi connectivity index (χ4n) is 3.63. The van der Waals surface area contributed by atoms with Crippen LogP contribution in [0.5, 0.6) is 5.75 Å². The summed E-state index contributed by atoms with van der Waals surface area (Å²) in [5.74, 6) is 0.638. The number of hydrogen-bond acceptors (Lipinski definition) is 5. The number of ether oxygens (including phenoxy) is 3. The number of rotatable bonds is 6. The molecule has 1 aliphatic carbocycles. The third kappa shape index (κ3) is 2.98. The number of aryl methyl sites for hydroxylation is 1. The molecule has 128 valence electrons. The van der Waals surface area contributed by atoms with Gasteiger partial charge in [-0.25, -0.2) is 13.1 Å². The predicted molar refractivity (Wildman–Crippen MR) is 85.1 cm³/mol. The van der Waals surface area contributed by atoms with Crippen LogP contribution >= 0.6 is 0 Å². The van der Waals surface area contributed by atoms with Crippen LogP contribution in [-0.2, 0) is 19.5 Å². The van der Waals surface area contributed by atoms with Gasteiger partial charge in [0.25, 0.3) is 0 Å². The Kier molecular flexibility index (Phi) is 4.64. The molecule has 0 bridgehead atoms. The molecule has 4 atom stereocenters. The van der Waals surface area contributed by atoms with Gasteiger partial charge in [-0.3, -0.25) is 0 Å². The Balaban J connectivity index is 1.83. The van der Waals surface area contributed by atoms with E-state index in [1.807, 2.05) is 6.92 Å². The monoisotopic (exact) mass is 341 g/mol. The Morgan fingerprint density at radius 3 is 2.83 bits per heavy atom. The highest BCUT2D eigenvalue weighted by Crippen LogP contribution is 2.44. The molecule has 0 spiro atoms. The van der Waals surface area contributed by atoms with E-state index in [1.54, 1.807) is 25.3 Å². The minimum Gasteiger partial charge on any atom is -0.495 e. The maximum Gasteiger partial charge on any atom is 0.244 e. The molecule has 0 amide bonds. The van der Waals surface area contributed by atoms with Crippen molar-refractivity contribution in [1.82, 2.24) is 4.72 Å². The summed E-state index contributed by atoms with van der Waals surface area (Å²) in [5.41, 5.74) is 0.950. The molecular formula is C16H23NO5S. The highest BCUT2D eigenvalue weighted by Gasteiger charge is 2.55. The highest BCUT2D eigenvalue weighted by molar-refractivity contribution is 7.89. The number of fused-ring (bicyclic) bond motifs is 1. The lowest BCUT2D eigenvalue weighted by molar-refractivity contribution is -0.0775. The number of sulfonamides is 1. The summed E-state index contributed by atoms with van der Waals surface area (Å²) in [6.45, 7) is 3.06. The average molecular weight is 341 g/mol. The summed E-state index contributed by atoms with van der Waals surface area (Å²) < 4.78 is 44.6. The van der Waals surface area contributed by atoms with Crippen molar-refractivity contribution in [2.45, 2.75) is 30.4 Å². The van der Waals surface area contributed by atoms with Crippen LogP contribution in [0.2, 0.25) is 0 Å². The van der Waals surface area contributed by atoms with E-state index in [0.717, 1.165) is 12.0 Å². The molecule has 2 fully saturated rings. The molecule has 0 unspecified atom stereocenters. The Morgan fingerprint density at radius 2 is 2.13 bits per heavy atom. The van der Waals surface area contributed by atoms with Crippen molar-refractivity contribution >= 4 is 10.0 Å². The second-order valence-electron chi connectivity index (χ2n) is 6.21. The van der Waals surface area contributed by atoms with E-state index in [0.29, 0.717) is 19.0 Å². The molecule has 3 rings (SSSR count). The Labute approximate surface area is 137 Å². The van der Waals surface area contributed by atoms with Gasteiger partial charge in [-0.2, -0.15) is 0 Å². The molecule has 7 heteroatoms. The van der Waals surface area contributed by atoms with Crippen molar-refractivity contribution in [3.05, 3.63) is 23.8 Å². The Hall–Kier alpha value is -1.15. The van der Waals surface area contributed by atoms with Gasteiger partial charge in [-0.1, -0.05) is 6.07 Å². The molecule has 1 aromatic carbocycles. The zero-order valence-electron chi connectivity index (χ0n) is 13.6. The second kappa shape index (κ2) is 6.39. The van der Waals surface area contributed by atoms with E-state index in [-0.39, 0.29) is 28.9 Å². The second-order valence-corrected chi connectivity index (χ2v) is 7.89. The lowest BCUT2D eigenvalue weighted by atomic mass is 9.68. The van der Waals surface area contributed by atoms with Gasteiger partial charge in [0.2, 0.25) is 10.0 Å². The molecule has 2 aliphatic rings. The Bertz CT molecular complexity index is 675. The van der Waals surface area contributed by atoms with Gasteiger partial charge < -0.3 is 14.2 Å². The third-order valence-corrected chi connectivity index (χ3v) is 6.29. The number of nitrogens with one attached hydrogen (secondary N) is 1. The van der Waals surface area contributed by atoms with E-state index >= 15 is 0 Å². The summed E-state index contributed by atoms with van der Waals surface area (Å²) in [5, 5.41) is 0. The normalized spacial score (nSPS) is 29.9. The van der Waals surface area contributed by atoms with E-state index in [9.17, 15) is 8.42 Å². The van der Waals surface area contributed by atoms with E-state index < -0.39 is 10.0 Å². The molecule has 1 N–H and O–H groups in total. The van der Waals surface area contributed by atoms with E-state index in [2.05, 4.69) is 4.72 Å². The first-order chi connectivity index (χ1) is 11.0. The number of hydrogen-bond donors (Lipinski definition) is 1. The van der Waals surface area contributed by atoms with Crippen LogP contribution in [0.3, 0.4) is 0 Å². The zero-order valence-corrected chi connectivity index (χ0v) is 14.4. The van der Waals surface area contributed by atoms with Crippen molar-refractivity contribution in [2.24, 2.45) is 11.8 Å². The molecule has 1 heterocycles. The number of benzene rings is 1. The molecule has 1 aromatic rings. The first kappa shape index (κ1) is 16.7. The van der Waals surface area contributed by atoms with Gasteiger partial charge in [-0.15, -0.1) is 0 Å². The van der Waals surface area contributed by atoms with Crippen molar-refractivity contribution in [3.8, 4) is 5.75 Å². The minimum atomic E-state index is -3.66. The van der Waals surface area contributed by atoms with Gasteiger partial charge in [-0.05, 0) is 31.0 Å². The lowest BCUT2D eigenvalue weighted by Gasteiger charge is -2.47. The fraction of sp³-hybridized carbons (Fsp3) is 0.625. The van der Waals surface area contributed by atoms with Crippen LogP contribution in [0.4, 0.5) is 0 Å². The summed E-state index contributed by atoms with van der Waals surface area (Å²) in [7, 11) is -0.556. The maximum atomic E-state index is 12.8. The van der Waals surface area contributed by atoms with E-state index in [1.165, 1.54) is 7.11 Å². The van der Waals surface area contributed by atoms with Gasteiger partial charge >= 0.3 is 0 Å². The first-order valence-corrected chi connectivity index (χ1v) is 9.23. The summed E-state index contributed by atoms with van der Waals surface area (Å²) in [6, 6.07) is 4.93.